The van der Waals surface area contributed by atoms with E-state index in [2.05, 4.69) is 9.80 Å². The maximum atomic E-state index is 13.5. The third kappa shape index (κ3) is 3.10. The van der Waals surface area contributed by atoms with Crippen LogP contribution in [0.2, 0.25) is 0 Å². The molecule has 0 N–H and O–H groups in total. The van der Waals surface area contributed by atoms with Crippen LogP contribution in [-0.2, 0) is 9.47 Å². The Labute approximate surface area is 142 Å². The molecule has 0 aromatic heterocycles. The van der Waals surface area contributed by atoms with Gasteiger partial charge in [0.1, 0.15) is 5.60 Å². The molecule has 1 unspecified atom stereocenters. The first-order chi connectivity index (χ1) is 11.7. The monoisotopic (exact) mass is 336 g/mol. The van der Waals surface area contributed by atoms with Crippen LogP contribution in [0.3, 0.4) is 0 Å². The van der Waals surface area contributed by atoms with Gasteiger partial charge in [-0.3, -0.25) is 4.90 Å². The largest absolute Gasteiger partial charge is 0.494 e. The number of hydrogen-bond donors (Lipinski definition) is 0. The minimum Gasteiger partial charge on any atom is -0.494 e. The first-order valence-electron chi connectivity index (χ1n) is 8.74. The van der Waals surface area contributed by atoms with Crippen LogP contribution in [0.5, 0.6) is 5.75 Å². The summed E-state index contributed by atoms with van der Waals surface area (Å²) < 4.78 is 30.1. The molecule has 3 heterocycles. The lowest BCUT2D eigenvalue weighted by atomic mass is 9.98. The molecule has 0 saturated carbocycles. The van der Waals surface area contributed by atoms with E-state index >= 15 is 0 Å². The van der Waals surface area contributed by atoms with Crippen molar-refractivity contribution in [2.45, 2.75) is 24.5 Å². The van der Waals surface area contributed by atoms with Crippen molar-refractivity contribution < 1.29 is 18.6 Å². The van der Waals surface area contributed by atoms with Gasteiger partial charge in [0.2, 0.25) is 0 Å². The highest BCUT2D eigenvalue weighted by molar-refractivity contribution is 5.51. The average Bonchev–Trinajstić information content (AvgIpc) is 3.01. The summed E-state index contributed by atoms with van der Waals surface area (Å²) in [4.78, 5) is 4.76. The third-order valence-corrected chi connectivity index (χ3v) is 5.40. The Morgan fingerprint density at radius 3 is 2.67 bits per heavy atom. The van der Waals surface area contributed by atoms with E-state index in [-0.39, 0.29) is 11.4 Å². The molecular formula is C18H25FN2O3. The molecule has 1 spiro atoms. The number of ether oxygens (including phenoxy) is 3. The highest BCUT2D eigenvalue weighted by atomic mass is 19.1. The molecule has 3 saturated heterocycles. The van der Waals surface area contributed by atoms with Crippen molar-refractivity contribution in [3.05, 3.63) is 24.0 Å². The Hall–Kier alpha value is -1.37. The number of methoxy groups -OCH3 is 1. The van der Waals surface area contributed by atoms with E-state index in [0.717, 1.165) is 64.5 Å². The fraction of sp³-hybridized carbons (Fsp3) is 0.667. The topological polar surface area (TPSA) is 34.2 Å². The van der Waals surface area contributed by atoms with Gasteiger partial charge in [-0.1, -0.05) is 0 Å². The summed E-state index contributed by atoms with van der Waals surface area (Å²) in [5.41, 5.74) is 1.06. The van der Waals surface area contributed by atoms with Crippen molar-refractivity contribution in [3.63, 3.8) is 0 Å². The summed E-state index contributed by atoms with van der Waals surface area (Å²) in [5.74, 6) is -0.00512. The smallest absolute Gasteiger partial charge is 0.165 e. The van der Waals surface area contributed by atoms with Gasteiger partial charge in [0.05, 0.1) is 26.4 Å². The van der Waals surface area contributed by atoms with Crippen LogP contribution in [-0.4, -0.2) is 69.7 Å². The van der Waals surface area contributed by atoms with Crippen molar-refractivity contribution in [2.75, 3.05) is 57.9 Å². The number of nitrogens with zero attached hydrogens (tertiary/aromatic N) is 2. The second kappa shape index (κ2) is 6.50. The Balaban J connectivity index is 1.29. The van der Waals surface area contributed by atoms with E-state index in [0.29, 0.717) is 11.9 Å². The van der Waals surface area contributed by atoms with Gasteiger partial charge in [-0.2, -0.15) is 0 Å². The van der Waals surface area contributed by atoms with E-state index in [1.807, 2.05) is 6.07 Å². The summed E-state index contributed by atoms with van der Waals surface area (Å²) in [5, 5.41) is 0. The summed E-state index contributed by atoms with van der Waals surface area (Å²) in [6.45, 7) is 6.42. The van der Waals surface area contributed by atoms with E-state index in [1.165, 1.54) is 13.2 Å². The highest BCUT2D eigenvalue weighted by Gasteiger charge is 2.46. The Kier molecular flexibility index (Phi) is 4.37. The lowest BCUT2D eigenvalue weighted by Gasteiger charge is -2.39. The maximum absolute atomic E-state index is 13.5. The molecule has 1 aromatic rings. The Bertz CT molecular complexity index is 586. The summed E-state index contributed by atoms with van der Waals surface area (Å²) in [6, 6.07) is 5.09. The molecule has 5 nitrogen and oxygen atoms in total. The van der Waals surface area contributed by atoms with Crippen molar-refractivity contribution in [2.24, 2.45) is 0 Å². The van der Waals surface area contributed by atoms with E-state index in [9.17, 15) is 4.39 Å². The van der Waals surface area contributed by atoms with Gasteiger partial charge in [-0.05, 0) is 25.0 Å². The minimum atomic E-state index is -0.313. The average molecular weight is 336 g/mol. The van der Waals surface area contributed by atoms with Gasteiger partial charge in [0.15, 0.2) is 11.6 Å². The van der Waals surface area contributed by atoms with Gasteiger partial charge in [-0.15, -0.1) is 0 Å². The van der Waals surface area contributed by atoms with Crippen LogP contribution in [0.15, 0.2) is 18.2 Å². The number of benzene rings is 1. The van der Waals surface area contributed by atoms with Crippen LogP contribution in [0.1, 0.15) is 12.8 Å². The van der Waals surface area contributed by atoms with Crippen molar-refractivity contribution >= 4 is 5.69 Å². The Morgan fingerprint density at radius 2 is 2.04 bits per heavy atom. The number of piperazine rings is 1. The molecule has 1 aromatic carbocycles. The van der Waals surface area contributed by atoms with Gasteiger partial charge >= 0.3 is 0 Å². The minimum absolute atomic E-state index is 0.0388. The summed E-state index contributed by atoms with van der Waals surface area (Å²) in [6.07, 6.45) is 2.61. The zero-order valence-corrected chi connectivity index (χ0v) is 14.2. The number of hydrogen-bond acceptors (Lipinski definition) is 5. The zero-order valence-electron chi connectivity index (χ0n) is 14.2. The van der Waals surface area contributed by atoms with Gasteiger partial charge in [0, 0.05) is 44.5 Å². The lowest BCUT2D eigenvalue weighted by molar-refractivity contribution is -0.201. The van der Waals surface area contributed by atoms with Gasteiger partial charge < -0.3 is 19.1 Å². The molecule has 4 rings (SSSR count). The fourth-order valence-corrected chi connectivity index (χ4v) is 3.89. The standard InChI is InChI=1S/C18H25FN2O3/c1-22-17-10-14(2-3-16(17)19)21-8-6-20(7-9-21)11-15-4-5-18(24-15)12-23-13-18/h2-3,10,15H,4-9,11-13H2,1H3. The van der Waals surface area contributed by atoms with Gasteiger partial charge in [0.25, 0.3) is 0 Å². The molecule has 3 aliphatic rings. The molecule has 132 valence electrons. The molecule has 0 bridgehead atoms. The molecule has 0 amide bonds. The van der Waals surface area contributed by atoms with E-state index in [1.54, 1.807) is 6.07 Å². The predicted octanol–water partition coefficient (Wildman–Crippen LogP) is 1.90. The molecule has 1 atom stereocenters. The number of halogens is 1. The fourth-order valence-electron chi connectivity index (χ4n) is 3.89. The zero-order chi connectivity index (χ0) is 16.6. The molecule has 3 aliphatic heterocycles. The van der Waals surface area contributed by atoms with Crippen LogP contribution >= 0.6 is 0 Å². The highest BCUT2D eigenvalue weighted by Crippen LogP contribution is 2.36. The van der Waals surface area contributed by atoms with Crippen LogP contribution in [0.25, 0.3) is 0 Å². The SMILES string of the molecule is COc1cc(N2CCN(CC3CCC4(COC4)O3)CC2)ccc1F. The summed E-state index contributed by atoms with van der Waals surface area (Å²) in [7, 11) is 1.50. The third-order valence-electron chi connectivity index (χ3n) is 5.40. The number of anilines is 1. The first kappa shape index (κ1) is 16.1. The molecule has 24 heavy (non-hydrogen) atoms. The van der Waals surface area contributed by atoms with Crippen molar-refractivity contribution in [3.8, 4) is 5.75 Å². The molecule has 6 heteroatoms. The van der Waals surface area contributed by atoms with Crippen LogP contribution < -0.4 is 9.64 Å². The first-order valence-corrected chi connectivity index (χ1v) is 8.74. The quantitative estimate of drug-likeness (QED) is 0.839. The van der Waals surface area contributed by atoms with Crippen LogP contribution in [0.4, 0.5) is 10.1 Å². The maximum Gasteiger partial charge on any atom is 0.165 e. The lowest BCUT2D eigenvalue weighted by Crippen LogP contribution is -2.51. The van der Waals surface area contributed by atoms with Gasteiger partial charge in [-0.25, -0.2) is 4.39 Å². The second-order valence-corrected chi connectivity index (χ2v) is 7.06. The molecular weight excluding hydrogens is 311 g/mol. The van der Waals surface area contributed by atoms with Crippen molar-refractivity contribution in [1.29, 1.82) is 0 Å². The number of rotatable bonds is 4. The Morgan fingerprint density at radius 1 is 1.25 bits per heavy atom. The predicted molar refractivity (Wildman–Crippen MR) is 89.3 cm³/mol. The second-order valence-electron chi connectivity index (χ2n) is 7.06. The molecule has 0 aliphatic carbocycles. The van der Waals surface area contributed by atoms with E-state index in [4.69, 9.17) is 14.2 Å². The molecule has 0 radical (unpaired) electrons. The van der Waals surface area contributed by atoms with Crippen LogP contribution in [0, 0.1) is 5.82 Å². The molecule has 3 fully saturated rings. The van der Waals surface area contributed by atoms with Crippen molar-refractivity contribution in [1.82, 2.24) is 4.90 Å². The summed E-state index contributed by atoms with van der Waals surface area (Å²) >= 11 is 0. The van der Waals surface area contributed by atoms with E-state index < -0.39 is 0 Å². The normalized spacial score (nSPS) is 26.6.